The van der Waals surface area contributed by atoms with Crippen LogP contribution in [0.2, 0.25) is 0 Å². The van der Waals surface area contributed by atoms with E-state index in [1.807, 2.05) is 6.92 Å². The predicted molar refractivity (Wildman–Crippen MR) is 66.5 cm³/mol. The first-order valence-corrected chi connectivity index (χ1v) is 6.86. The van der Waals surface area contributed by atoms with Gasteiger partial charge >= 0.3 is 0 Å². The van der Waals surface area contributed by atoms with Crippen LogP contribution in [0, 0.1) is 5.92 Å². The number of hydrogen-bond donors (Lipinski definition) is 2. The molecule has 1 amide bonds. The quantitative estimate of drug-likeness (QED) is 0.713. The Labute approximate surface area is 103 Å². The van der Waals surface area contributed by atoms with Crippen LogP contribution in [-0.4, -0.2) is 30.7 Å². The van der Waals surface area contributed by atoms with E-state index in [1.165, 1.54) is 19.3 Å². The number of amides is 1. The number of nitrogens with one attached hydrogen (secondary N) is 1. The van der Waals surface area contributed by atoms with Crippen LogP contribution in [0.25, 0.3) is 0 Å². The first kappa shape index (κ1) is 12.8. The van der Waals surface area contributed by atoms with Gasteiger partial charge in [0.25, 0.3) is 0 Å². The highest BCUT2D eigenvalue weighted by Gasteiger charge is 2.32. The van der Waals surface area contributed by atoms with Gasteiger partial charge in [-0.1, -0.05) is 19.3 Å². The summed E-state index contributed by atoms with van der Waals surface area (Å²) >= 11 is 0. The second-order valence-corrected chi connectivity index (χ2v) is 5.39. The van der Waals surface area contributed by atoms with E-state index in [2.05, 4.69) is 5.32 Å². The van der Waals surface area contributed by atoms with E-state index in [1.54, 1.807) is 0 Å². The molecular formula is C13H24N2O2. The smallest absolute Gasteiger partial charge is 0.226 e. The summed E-state index contributed by atoms with van der Waals surface area (Å²) < 4.78 is 5.44. The molecule has 1 saturated heterocycles. The molecular weight excluding hydrogens is 216 g/mol. The van der Waals surface area contributed by atoms with Gasteiger partial charge in [0.05, 0.1) is 12.0 Å². The van der Waals surface area contributed by atoms with Crippen molar-refractivity contribution in [2.45, 2.75) is 63.6 Å². The molecule has 4 atom stereocenters. The highest BCUT2D eigenvalue weighted by atomic mass is 16.5. The van der Waals surface area contributed by atoms with Crippen LogP contribution in [0.4, 0.5) is 0 Å². The van der Waals surface area contributed by atoms with Crippen molar-refractivity contribution in [3.63, 3.8) is 0 Å². The van der Waals surface area contributed by atoms with Gasteiger partial charge in [-0.15, -0.1) is 0 Å². The Hall–Kier alpha value is -0.610. The molecule has 4 heteroatoms. The Morgan fingerprint density at radius 2 is 2.00 bits per heavy atom. The lowest BCUT2D eigenvalue weighted by atomic mass is 9.99. The van der Waals surface area contributed by atoms with Crippen molar-refractivity contribution in [3.8, 4) is 0 Å². The number of nitrogens with two attached hydrogens (primary N) is 1. The van der Waals surface area contributed by atoms with Crippen molar-refractivity contribution in [3.05, 3.63) is 0 Å². The molecule has 98 valence electrons. The molecule has 3 N–H and O–H groups in total. The van der Waals surface area contributed by atoms with Gasteiger partial charge in [0.1, 0.15) is 0 Å². The Balaban J connectivity index is 1.88. The first-order valence-electron chi connectivity index (χ1n) is 6.86. The molecule has 2 aliphatic rings. The molecule has 17 heavy (non-hydrogen) atoms. The average Bonchev–Trinajstić information content (AvgIpc) is 2.63. The van der Waals surface area contributed by atoms with Crippen molar-refractivity contribution in [2.75, 3.05) is 6.61 Å². The maximum atomic E-state index is 12.1. The van der Waals surface area contributed by atoms with Gasteiger partial charge in [-0.05, 0) is 26.2 Å². The van der Waals surface area contributed by atoms with E-state index in [4.69, 9.17) is 10.5 Å². The van der Waals surface area contributed by atoms with Gasteiger partial charge < -0.3 is 15.8 Å². The predicted octanol–water partition coefficient (Wildman–Crippen LogP) is 1.19. The van der Waals surface area contributed by atoms with Gasteiger partial charge in [0.15, 0.2) is 0 Å². The average molecular weight is 240 g/mol. The van der Waals surface area contributed by atoms with Crippen molar-refractivity contribution in [1.29, 1.82) is 0 Å². The highest BCUT2D eigenvalue weighted by molar-refractivity contribution is 5.79. The molecule has 2 fully saturated rings. The first-order chi connectivity index (χ1) is 8.18. The summed E-state index contributed by atoms with van der Waals surface area (Å²) in [4.78, 5) is 12.1. The van der Waals surface area contributed by atoms with E-state index in [9.17, 15) is 4.79 Å². The van der Waals surface area contributed by atoms with Crippen molar-refractivity contribution >= 4 is 5.91 Å². The third kappa shape index (κ3) is 3.19. The standard InChI is InChI=1S/C13H24N2O2/c1-9-10(7-8-17-9)13(16)15-12-6-4-2-3-5-11(12)14/h9-12H,2-8,14H2,1H3,(H,15,16). The minimum Gasteiger partial charge on any atom is -0.378 e. The summed E-state index contributed by atoms with van der Waals surface area (Å²) in [5.74, 6) is 0.155. The zero-order valence-corrected chi connectivity index (χ0v) is 10.7. The zero-order valence-electron chi connectivity index (χ0n) is 10.7. The van der Waals surface area contributed by atoms with Gasteiger partial charge in [0.2, 0.25) is 5.91 Å². The lowest BCUT2D eigenvalue weighted by Gasteiger charge is -2.25. The summed E-state index contributed by atoms with van der Waals surface area (Å²) in [5.41, 5.74) is 6.11. The van der Waals surface area contributed by atoms with E-state index in [0.29, 0.717) is 6.61 Å². The van der Waals surface area contributed by atoms with E-state index in [0.717, 1.165) is 19.3 Å². The molecule has 1 aliphatic heterocycles. The zero-order chi connectivity index (χ0) is 12.3. The fraction of sp³-hybridized carbons (Fsp3) is 0.923. The van der Waals surface area contributed by atoms with Gasteiger partial charge in [-0.3, -0.25) is 4.79 Å². The summed E-state index contributed by atoms with van der Waals surface area (Å²) in [6, 6.07) is 0.289. The largest absolute Gasteiger partial charge is 0.378 e. The lowest BCUT2D eigenvalue weighted by molar-refractivity contribution is -0.127. The summed E-state index contributed by atoms with van der Waals surface area (Å²) in [6.45, 7) is 2.68. The topological polar surface area (TPSA) is 64.3 Å². The normalized spacial score (nSPS) is 38.7. The van der Waals surface area contributed by atoms with Crippen LogP contribution in [0.5, 0.6) is 0 Å². The number of carbonyl (C=O) groups is 1. The Morgan fingerprint density at radius 1 is 1.24 bits per heavy atom. The van der Waals surface area contributed by atoms with Crippen molar-refractivity contribution in [1.82, 2.24) is 5.32 Å². The van der Waals surface area contributed by atoms with Crippen molar-refractivity contribution < 1.29 is 9.53 Å². The molecule has 0 aromatic rings. The summed E-state index contributed by atoms with van der Waals surface area (Å²) in [5, 5.41) is 3.14. The Kier molecular flexibility index (Phi) is 4.40. The Morgan fingerprint density at radius 3 is 2.71 bits per heavy atom. The molecule has 0 spiro atoms. The molecule has 1 saturated carbocycles. The second kappa shape index (κ2) is 5.83. The third-order valence-electron chi connectivity index (χ3n) is 4.11. The third-order valence-corrected chi connectivity index (χ3v) is 4.11. The van der Waals surface area contributed by atoms with Crippen molar-refractivity contribution in [2.24, 2.45) is 11.7 Å². The SMILES string of the molecule is CC1OCCC1C(=O)NC1CCCCCC1N. The molecule has 4 nitrogen and oxygen atoms in total. The number of carbonyl (C=O) groups excluding carboxylic acids is 1. The molecule has 0 aromatic heterocycles. The molecule has 0 aromatic carbocycles. The second-order valence-electron chi connectivity index (χ2n) is 5.39. The van der Waals surface area contributed by atoms with Crippen LogP contribution in [0.3, 0.4) is 0 Å². The summed E-state index contributed by atoms with van der Waals surface area (Å²) in [7, 11) is 0. The molecule has 1 heterocycles. The van der Waals surface area contributed by atoms with Crippen LogP contribution in [0.15, 0.2) is 0 Å². The number of hydrogen-bond acceptors (Lipinski definition) is 3. The minimum atomic E-state index is 0.0189. The number of rotatable bonds is 2. The maximum Gasteiger partial charge on any atom is 0.226 e. The fourth-order valence-electron chi connectivity index (χ4n) is 2.88. The van der Waals surface area contributed by atoms with Gasteiger partial charge in [-0.25, -0.2) is 0 Å². The molecule has 2 rings (SSSR count). The molecule has 0 bridgehead atoms. The van der Waals surface area contributed by atoms with Gasteiger partial charge in [-0.2, -0.15) is 0 Å². The Bertz CT molecular complexity index is 270. The molecule has 1 aliphatic carbocycles. The fourth-order valence-corrected chi connectivity index (χ4v) is 2.88. The van der Waals surface area contributed by atoms with Crippen LogP contribution in [0.1, 0.15) is 45.4 Å². The van der Waals surface area contributed by atoms with E-state index in [-0.39, 0.29) is 30.0 Å². The number of ether oxygens (including phenoxy) is 1. The van der Waals surface area contributed by atoms with E-state index >= 15 is 0 Å². The lowest BCUT2D eigenvalue weighted by Crippen LogP contribution is -2.49. The maximum absolute atomic E-state index is 12.1. The minimum absolute atomic E-state index is 0.0189. The van der Waals surface area contributed by atoms with Crippen LogP contribution < -0.4 is 11.1 Å². The molecule has 4 unspecified atom stereocenters. The monoisotopic (exact) mass is 240 g/mol. The summed E-state index contributed by atoms with van der Waals surface area (Å²) in [6.07, 6.45) is 6.55. The van der Waals surface area contributed by atoms with E-state index < -0.39 is 0 Å². The molecule has 0 radical (unpaired) electrons. The highest BCUT2D eigenvalue weighted by Crippen LogP contribution is 2.22. The van der Waals surface area contributed by atoms with Crippen LogP contribution >= 0.6 is 0 Å². The van der Waals surface area contributed by atoms with Crippen LogP contribution in [-0.2, 0) is 9.53 Å². The van der Waals surface area contributed by atoms with Gasteiger partial charge in [0, 0.05) is 18.7 Å².